The largest absolute Gasteiger partial charge is 0.372 e. The highest BCUT2D eigenvalue weighted by molar-refractivity contribution is 6.30. The Kier molecular flexibility index (Phi) is 5.12. The van der Waals surface area contributed by atoms with Crippen LogP contribution in [0, 0.1) is 0 Å². The first-order valence-electron chi connectivity index (χ1n) is 6.11. The van der Waals surface area contributed by atoms with Gasteiger partial charge >= 0.3 is 0 Å². The molecule has 0 aliphatic carbocycles. The number of ether oxygens (including phenoxy) is 1. The van der Waals surface area contributed by atoms with Gasteiger partial charge in [-0.2, -0.15) is 0 Å². The van der Waals surface area contributed by atoms with Crippen molar-refractivity contribution in [2.24, 2.45) is 5.84 Å². The van der Waals surface area contributed by atoms with Crippen LogP contribution in [0.4, 0.5) is 0 Å². The Morgan fingerprint density at radius 2 is 1.80 bits per heavy atom. The lowest BCUT2D eigenvalue weighted by Crippen LogP contribution is -2.29. The second kappa shape index (κ2) is 7.05. The zero-order valence-corrected chi connectivity index (χ0v) is 11.6. The molecule has 0 aliphatic rings. The average Bonchev–Trinajstić information content (AvgIpc) is 2.47. The molecule has 20 heavy (non-hydrogen) atoms. The van der Waals surface area contributed by atoms with E-state index in [1.807, 2.05) is 36.4 Å². The van der Waals surface area contributed by atoms with Crippen LogP contribution in [-0.4, -0.2) is 5.91 Å². The number of halogens is 1. The number of hydrazine groups is 1. The van der Waals surface area contributed by atoms with Gasteiger partial charge in [0.25, 0.3) is 5.91 Å². The van der Waals surface area contributed by atoms with E-state index < -0.39 is 0 Å². The third kappa shape index (κ3) is 4.06. The van der Waals surface area contributed by atoms with Crippen molar-refractivity contribution in [2.75, 3.05) is 0 Å². The highest BCUT2D eigenvalue weighted by Crippen LogP contribution is 2.12. The molecule has 104 valence electrons. The highest BCUT2D eigenvalue weighted by atomic mass is 35.5. The number of carbonyl (C=O) groups is 1. The van der Waals surface area contributed by atoms with E-state index in [1.54, 1.807) is 12.1 Å². The van der Waals surface area contributed by atoms with Gasteiger partial charge in [0.05, 0.1) is 13.2 Å². The van der Waals surface area contributed by atoms with Gasteiger partial charge in [-0.25, -0.2) is 5.84 Å². The molecule has 2 rings (SSSR count). The highest BCUT2D eigenvalue weighted by Gasteiger charge is 2.02. The number of benzene rings is 2. The molecule has 0 heterocycles. The summed E-state index contributed by atoms with van der Waals surface area (Å²) < 4.78 is 5.60. The SMILES string of the molecule is NNC(=O)c1ccc(COCc2cccc(Cl)c2)cc1. The summed E-state index contributed by atoms with van der Waals surface area (Å²) in [6, 6.07) is 14.6. The number of rotatable bonds is 5. The molecule has 0 radical (unpaired) electrons. The van der Waals surface area contributed by atoms with E-state index in [0.717, 1.165) is 11.1 Å². The monoisotopic (exact) mass is 290 g/mol. The standard InChI is InChI=1S/C15H15ClN2O2/c16-14-3-1-2-12(8-14)10-20-9-11-4-6-13(7-5-11)15(19)18-17/h1-8H,9-10,17H2,(H,18,19). The minimum atomic E-state index is -0.309. The maximum atomic E-state index is 11.3. The van der Waals surface area contributed by atoms with Gasteiger partial charge in [-0.05, 0) is 35.4 Å². The fraction of sp³-hybridized carbons (Fsp3) is 0.133. The molecule has 0 spiro atoms. The summed E-state index contributed by atoms with van der Waals surface area (Å²) in [6.45, 7) is 0.961. The van der Waals surface area contributed by atoms with Crippen LogP contribution in [0.5, 0.6) is 0 Å². The quantitative estimate of drug-likeness (QED) is 0.505. The molecule has 0 aliphatic heterocycles. The minimum Gasteiger partial charge on any atom is -0.372 e. The average molecular weight is 291 g/mol. The number of carbonyl (C=O) groups excluding carboxylic acids is 1. The molecule has 3 N–H and O–H groups in total. The first kappa shape index (κ1) is 14.5. The van der Waals surface area contributed by atoms with Gasteiger partial charge in [-0.3, -0.25) is 10.2 Å². The molecule has 0 atom stereocenters. The maximum absolute atomic E-state index is 11.3. The number of nitrogens with two attached hydrogens (primary N) is 1. The van der Waals surface area contributed by atoms with Gasteiger partial charge in [0.1, 0.15) is 0 Å². The molecule has 0 saturated heterocycles. The van der Waals surface area contributed by atoms with Gasteiger partial charge in [-0.15, -0.1) is 0 Å². The van der Waals surface area contributed by atoms with Crippen molar-refractivity contribution in [1.82, 2.24) is 5.43 Å². The molecule has 2 aromatic rings. The summed E-state index contributed by atoms with van der Waals surface area (Å²) in [7, 11) is 0. The Hall–Kier alpha value is -1.88. The van der Waals surface area contributed by atoms with E-state index in [9.17, 15) is 4.79 Å². The molecule has 4 nitrogen and oxygen atoms in total. The summed E-state index contributed by atoms with van der Waals surface area (Å²) in [5.74, 6) is 4.76. The Bertz CT molecular complexity index is 585. The van der Waals surface area contributed by atoms with Gasteiger partial charge in [0.2, 0.25) is 0 Å². The molecular formula is C15H15ClN2O2. The van der Waals surface area contributed by atoms with Crippen LogP contribution in [0.3, 0.4) is 0 Å². The van der Waals surface area contributed by atoms with Crippen LogP contribution in [-0.2, 0) is 18.0 Å². The predicted octanol–water partition coefficient (Wildman–Crippen LogP) is 2.66. The number of hydrogen-bond donors (Lipinski definition) is 2. The van der Waals surface area contributed by atoms with Crippen LogP contribution >= 0.6 is 11.6 Å². The van der Waals surface area contributed by atoms with E-state index in [1.165, 1.54) is 0 Å². The molecule has 0 saturated carbocycles. The molecule has 0 fully saturated rings. The topological polar surface area (TPSA) is 64.3 Å². The van der Waals surface area contributed by atoms with E-state index >= 15 is 0 Å². The summed E-state index contributed by atoms with van der Waals surface area (Å²) in [5.41, 5.74) is 4.62. The smallest absolute Gasteiger partial charge is 0.265 e. The molecule has 0 bridgehead atoms. The second-order valence-electron chi connectivity index (χ2n) is 4.29. The first-order chi connectivity index (χ1) is 9.69. The number of amides is 1. The maximum Gasteiger partial charge on any atom is 0.265 e. The van der Waals surface area contributed by atoms with E-state index in [4.69, 9.17) is 22.2 Å². The van der Waals surface area contributed by atoms with Crippen molar-refractivity contribution in [3.63, 3.8) is 0 Å². The van der Waals surface area contributed by atoms with Crippen LogP contribution in [0.15, 0.2) is 48.5 Å². The second-order valence-corrected chi connectivity index (χ2v) is 4.73. The lowest BCUT2D eigenvalue weighted by Gasteiger charge is -2.06. The van der Waals surface area contributed by atoms with Gasteiger partial charge in [-0.1, -0.05) is 35.9 Å². The van der Waals surface area contributed by atoms with Crippen LogP contribution < -0.4 is 11.3 Å². The zero-order valence-electron chi connectivity index (χ0n) is 10.8. The summed E-state index contributed by atoms with van der Waals surface area (Å²) in [5, 5.41) is 0.697. The third-order valence-corrected chi connectivity index (χ3v) is 3.01. The predicted molar refractivity (Wildman–Crippen MR) is 78.0 cm³/mol. The van der Waals surface area contributed by atoms with Crippen molar-refractivity contribution < 1.29 is 9.53 Å². The van der Waals surface area contributed by atoms with E-state index in [-0.39, 0.29) is 5.91 Å². The summed E-state index contributed by atoms with van der Waals surface area (Å²) in [6.07, 6.45) is 0. The normalized spacial score (nSPS) is 10.3. The van der Waals surface area contributed by atoms with Gasteiger partial charge in [0.15, 0.2) is 0 Å². The molecule has 5 heteroatoms. The molecule has 2 aromatic carbocycles. The number of nitrogens with one attached hydrogen (secondary N) is 1. The van der Waals surface area contributed by atoms with E-state index in [0.29, 0.717) is 23.8 Å². The Morgan fingerprint density at radius 3 is 2.45 bits per heavy atom. The molecule has 0 unspecified atom stereocenters. The van der Waals surface area contributed by atoms with Crippen molar-refractivity contribution >= 4 is 17.5 Å². The molecular weight excluding hydrogens is 276 g/mol. The summed E-state index contributed by atoms with van der Waals surface area (Å²) >= 11 is 5.90. The van der Waals surface area contributed by atoms with Gasteiger partial charge < -0.3 is 4.74 Å². The van der Waals surface area contributed by atoms with Crippen LogP contribution in [0.25, 0.3) is 0 Å². The lowest BCUT2D eigenvalue weighted by molar-refractivity contribution is 0.0953. The number of nitrogen functional groups attached to an aromatic ring is 1. The van der Waals surface area contributed by atoms with Crippen molar-refractivity contribution in [3.8, 4) is 0 Å². The van der Waals surface area contributed by atoms with Crippen LogP contribution in [0.1, 0.15) is 21.5 Å². The van der Waals surface area contributed by atoms with Gasteiger partial charge in [0, 0.05) is 10.6 Å². The lowest BCUT2D eigenvalue weighted by atomic mass is 10.1. The van der Waals surface area contributed by atoms with E-state index in [2.05, 4.69) is 5.43 Å². The Labute approximate surface area is 122 Å². The van der Waals surface area contributed by atoms with Crippen molar-refractivity contribution in [3.05, 3.63) is 70.2 Å². The van der Waals surface area contributed by atoms with Crippen LogP contribution in [0.2, 0.25) is 5.02 Å². The minimum absolute atomic E-state index is 0.309. The molecule has 0 aromatic heterocycles. The fourth-order valence-corrected chi connectivity index (χ4v) is 1.96. The van der Waals surface area contributed by atoms with Crippen molar-refractivity contribution in [1.29, 1.82) is 0 Å². The van der Waals surface area contributed by atoms with Crippen molar-refractivity contribution in [2.45, 2.75) is 13.2 Å². The Balaban J connectivity index is 1.86. The fourth-order valence-electron chi connectivity index (χ4n) is 1.75. The third-order valence-electron chi connectivity index (χ3n) is 2.77. The summed E-state index contributed by atoms with van der Waals surface area (Å²) in [4.78, 5) is 11.3. The molecule has 1 amide bonds. The number of hydrogen-bond acceptors (Lipinski definition) is 3. The first-order valence-corrected chi connectivity index (χ1v) is 6.49. The zero-order chi connectivity index (χ0) is 14.4. The Morgan fingerprint density at radius 1 is 1.10 bits per heavy atom.